The number of aromatic amines is 1. The van der Waals surface area contributed by atoms with Crippen LogP contribution in [0.5, 0.6) is 0 Å². The summed E-state index contributed by atoms with van der Waals surface area (Å²) >= 11 is 1.65. The number of nitrogens with zero attached hydrogens (tertiary/aromatic N) is 6. The van der Waals surface area contributed by atoms with E-state index in [1.54, 1.807) is 16.2 Å². The summed E-state index contributed by atoms with van der Waals surface area (Å²) < 4.78 is 1.42. The van der Waals surface area contributed by atoms with Crippen molar-refractivity contribution in [1.82, 2.24) is 29.5 Å². The third kappa shape index (κ3) is 4.53. The first-order valence-electron chi connectivity index (χ1n) is 11.2. The standard InChI is InChI=1S/C21H25N7O4S/c29-18(5-6-27-12-14(11-22-27)28(31)32)26-9-7-25(8-10-26)13-17-23-20(30)19-15-3-1-2-4-16(15)33-21(19)24-17/h11-12H,1-10,13H2,(H,23,24,30). The van der Waals surface area contributed by atoms with E-state index in [2.05, 4.69) is 15.0 Å². The average molecular weight is 472 g/mol. The van der Waals surface area contributed by atoms with E-state index in [-0.39, 0.29) is 23.6 Å². The van der Waals surface area contributed by atoms with Gasteiger partial charge in [-0.25, -0.2) is 4.98 Å². The summed E-state index contributed by atoms with van der Waals surface area (Å²) in [6, 6.07) is 0. The zero-order valence-corrected chi connectivity index (χ0v) is 19.0. The molecule has 0 aromatic carbocycles. The Morgan fingerprint density at radius 2 is 2.00 bits per heavy atom. The fraction of sp³-hybridized carbons (Fsp3) is 0.524. The minimum atomic E-state index is -0.503. The predicted octanol–water partition coefficient (Wildman–Crippen LogP) is 1.70. The molecule has 1 aliphatic carbocycles. The maximum Gasteiger partial charge on any atom is 0.306 e. The van der Waals surface area contributed by atoms with Crippen LogP contribution in [-0.2, 0) is 30.7 Å². The van der Waals surface area contributed by atoms with Gasteiger partial charge in [0.25, 0.3) is 5.56 Å². The second kappa shape index (κ2) is 9.02. The van der Waals surface area contributed by atoms with Gasteiger partial charge in [0.1, 0.15) is 23.0 Å². The van der Waals surface area contributed by atoms with Crippen molar-refractivity contribution < 1.29 is 9.72 Å². The van der Waals surface area contributed by atoms with Gasteiger partial charge in [-0.3, -0.25) is 29.3 Å². The van der Waals surface area contributed by atoms with E-state index < -0.39 is 4.92 Å². The zero-order chi connectivity index (χ0) is 22.9. The topological polar surface area (TPSA) is 130 Å². The Labute approximate surface area is 193 Å². The van der Waals surface area contributed by atoms with Gasteiger partial charge in [-0.15, -0.1) is 11.3 Å². The summed E-state index contributed by atoms with van der Waals surface area (Å²) in [5.41, 5.74) is 1.07. The molecule has 3 aromatic rings. The third-order valence-corrected chi connectivity index (χ3v) is 7.54. The monoisotopic (exact) mass is 471 g/mol. The van der Waals surface area contributed by atoms with Crippen molar-refractivity contribution in [3.63, 3.8) is 0 Å². The smallest absolute Gasteiger partial charge is 0.306 e. The Kier molecular flexibility index (Phi) is 5.94. The first-order valence-corrected chi connectivity index (χ1v) is 12.0. The van der Waals surface area contributed by atoms with Crippen LogP contribution < -0.4 is 5.56 Å². The van der Waals surface area contributed by atoms with Crippen molar-refractivity contribution in [3.8, 4) is 0 Å². The number of carbonyl (C=O) groups is 1. The number of carbonyl (C=O) groups excluding carboxylic acids is 1. The first kappa shape index (κ1) is 21.7. The molecular weight excluding hydrogens is 446 g/mol. The molecule has 1 N–H and O–H groups in total. The van der Waals surface area contributed by atoms with Crippen LogP contribution in [0.1, 0.15) is 35.5 Å². The van der Waals surface area contributed by atoms with Crippen LogP contribution in [0.25, 0.3) is 10.2 Å². The van der Waals surface area contributed by atoms with Gasteiger partial charge >= 0.3 is 5.69 Å². The number of hydrogen-bond acceptors (Lipinski definition) is 8. The molecule has 5 rings (SSSR count). The number of hydrogen-bond donors (Lipinski definition) is 1. The molecule has 0 saturated carbocycles. The molecule has 33 heavy (non-hydrogen) atoms. The molecule has 11 nitrogen and oxygen atoms in total. The van der Waals surface area contributed by atoms with Gasteiger partial charge in [-0.1, -0.05) is 0 Å². The van der Waals surface area contributed by atoms with Gasteiger partial charge in [-0.05, 0) is 31.2 Å². The highest BCUT2D eigenvalue weighted by Crippen LogP contribution is 2.33. The first-order chi connectivity index (χ1) is 16.0. The van der Waals surface area contributed by atoms with Crippen molar-refractivity contribution in [1.29, 1.82) is 0 Å². The molecule has 2 aliphatic rings. The van der Waals surface area contributed by atoms with E-state index in [0.29, 0.717) is 45.1 Å². The Balaban J connectivity index is 1.16. The fourth-order valence-corrected chi connectivity index (χ4v) is 5.87. The quantitative estimate of drug-likeness (QED) is 0.428. The van der Waals surface area contributed by atoms with Crippen LogP contribution in [0.15, 0.2) is 17.2 Å². The lowest BCUT2D eigenvalue weighted by Gasteiger charge is -2.34. The number of aryl methyl sites for hydroxylation is 3. The minimum absolute atomic E-state index is 0.00456. The lowest BCUT2D eigenvalue weighted by atomic mass is 9.97. The highest BCUT2D eigenvalue weighted by molar-refractivity contribution is 7.18. The summed E-state index contributed by atoms with van der Waals surface area (Å²) in [7, 11) is 0. The maximum atomic E-state index is 12.7. The number of amides is 1. The molecule has 1 fully saturated rings. The van der Waals surface area contributed by atoms with Crippen LogP contribution in [0.2, 0.25) is 0 Å². The number of fused-ring (bicyclic) bond motifs is 3. The number of H-pyrrole nitrogens is 1. The van der Waals surface area contributed by atoms with E-state index in [4.69, 9.17) is 4.98 Å². The van der Waals surface area contributed by atoms with Gasteiger partial charge in [-0.2, -0.15) is 5.10 Å². The molecule has 0 radical (unpaired) electrons. The van der Waals surface area contributed by atoms with Gasteiger partial charge in [0, 0.05) is 44.0 Å². The molecule has 4 heterocycles. The summed E-state index contributed by atoms with van der Waals surface area (Å²) in [5, 5.41) is 15.4. The maximum absolute atomic E-state index is 12.7. The summed E-state index contributed by atoms with van der Waals surface area (Å²) in [4.78, 5) is 49.4. The lowest BCUT2D eigenvalue weighted by molar-refractivity contribution is -0.385. The molecular formula is C21H25N7O4S. The largest absolute Gasteiger partial charge is 0.340 e. The second-order valence-corrected chi connectivity index (χ2v) is 9.61. The molecule has 3 aromatic heterocycles. The van der Waals surface area contributed by atoms with Crippen molar-refractivity contribution in [2.75, 3.05) is 26.2 Å². The fourth-order valence-electron chi connectivity index (χ4n) is 4.59. The highest BCUT2D eigenvalue weighted by atomic mass is 32.1. The molecule has 1 aliphatic heterocycles. The summed E-state index contributed by atoms with van der Waals surface area (Å²) in [6.45, 7) is 3.44. The van der Waals surface area contributed by atoms with Crippen molar-refractivity contribution >= 4 is 33.1 Å². The number of nitro groups is 1. The Bertz CT molecular complexity index is 1260. The second-order valence-electron chi connectivity index (χ2n) is 8.53. The van der Waals surface area contributed by atoms with Crippen LogP contribution >= 0.6 is 11.3 Å². The van der Waals surface area contributed by atoms with E-state index in [1.165, 1.54) is 33.9 Å². The van der Waals surface area contributed by atoms with Gasteiger partial charge < -0.3 is 9.88 Å². The van der Waals surface area contributed by atoms with E-state index in [1.807, 2.05) is 0 Å². The SMILES string of the molecule is O=C(CCn1cc([N+](=O)[O-])cn1)N1CCN(Cc2nc3sc4c(c3c(=O)[nH]2)CCCC4)CC1. The van der Waals surface area contributed by atoms with Crippen LogP contribution in [0.4, 0.5) is 5.69 Å². The average Bonchev–Trinajstić information content (AvgIpc) is 3.43. The van der Waals surface area contributed by atoms with E-state index >= 15 is 0 Å². The number of piperazine rings is 1. The molecule has 1 saturated heterocycles. The highest BCUT2D eigenvalue weighted by Gasteiger charge is 2.23. The van der Waals surface area contributed by atoms with Crippen molar-refractivity contribution in [2.45, 2.75) is 45.2 Å². The Morgan fingerprint density at radius 3 is 2.76 bits per heavy atom. The molecule has 12 heteroatoms. The minimum Gasteiger partial charge on any atom is -0.340 e. The van der Waals surface area contributed by atoms with Gasteiger partial charge in [0.05, 0.1) is 16.9 Å². The molecule has 174 valence electrons. The van der Waals surface area contributed by atoms with E-state index in [9.17, 15) is 19.7 Å². The van der Waals surface area contributed by atoms with Crippen molar-refractivity contribution in [3.05, 3.63) is 49.1 Å². The van der Waals surface area contributed by atoms with Gasteiger partial charge in [0.15, 0.2) is 0 Å². The van der Waals surface area contributed by atoms with Crippen molar-refractivity contribution in [2.24, 2.45) is 0 Å². The Morgan fingerprint density at radius 1 is 1.21 bits per heavy atom. The Hall–Kier alpha value is -3.12. The molecule has 0 spiro atoms. The normalized spacial score (nSPS) is 16.8. The molecule has 0 atom stereocenters. The number of thiophene rings is 1. The summed E-state index contributed by atoms with van der Waals surface area (Å²) in [6.07, 6.45) is 7.07. The third-order valence-electron chi connectivity index (χ3n) is 6.36. The van der Waals surface area contributed by atoms with E-state index in [0.717, 1.165) is 29.5 Å². The molecule has 0 bridgehead atoms. The zero-order valence-electron chi connectivity index (χ0n) is 18.2. The number of rotatable bonds is 6. The van der Waals surface area contributed by atoms with Crippen LogP contribution in [0, 0.1) is 10.1 Å². The van der Waals surface area contributed by atoms with Gasteiger partial charge in [0.2, 0.25) is 5.91 Å². The van der Waals surface area contributed by atoms with Crippen LogP contribution in [-0.4, -0.2) is 66.6 Å². The summed E-state index contributed by atoms with van der Waals surface area (Å²) in [5.74, 6) is 0.677. The molecule has 1 amide bonds. The lowest BCUT2D eigenvalue weighted by Crippen LogP contribution is -2.48. The molecule has 0 unspecified atom stereocenters. The number of aromatic nitrogens is 4. The number of nitrogens with one attached hydrogen (secondary N) is 1. The predicted molar refractivity (Wildman–Crippen MR) is 122 cm³/mol. The van der Waals surface area contributed by atoms with Crippen LogP contribution in [0.3, 0.4) is 0 Å².